The molecule has 0 bridgehead atoms. The fraction of sp³-hybridized carbons (Fsp3) is 0.769. The number of nitrogens with one attached hydrogen (secondary N) is 1. The van der Waals surface area contributed by atoms with E-state index in [0.717, 1.165) is 18.4 Å². The maximum atomic E-state index is 4.76. The molecule has 0 aromatic carbocycles. The highest BCUT2D eigenvalue weighted by Crippen LogP contribution is 2.39. The predicted molar refractivity (Wildman–Crippen MR) is 64.5 cm³/mol. The fourth-order valence-corrected chi connectivity index (χ4v) is 2.61. The summed E-state index contributed by atoms with van der Waals surface area (Å²) in [5, 5.41) is 8.18. The van der Waals surface area contributed by atoms with Gasteiger partial charge in [0.25, 0.3) is 0 Å². The molecule has 1 saturated carbocycles. The normalized spacial score (nSPS) is 22.6. The Morgan fingerprint density at radius 1 is 1.31 bits per heavy atom. The number of aryl methyl sites for hydroxylation is 1. The third-order valence-electron chi connectivity index (χ3n) is 3.89. The minimum absolute atomic E-state index is 0.785. The van der Waals surface area contributed by atoms with Gasteiger partial charge in [-0.25, -0.2) is 0 Å². The Morgan fingerprint density at radius 2 is 2.06 bits per heavy atom. The molecule has 0 radical (unpaired) electrons. The van der Waals surface area contributed by atoms with Gasteiger partial charge in [-0.15, -0.1) is 0 Å². The monoisotopic (exact) mass is 219 g/mol. The summed E-state index contributed by atoms with van der Waals surface area (Å²) in [5.74, 6) is 1.61. The van der Waals surface area contributed by atoms with Gasteiger partial charge in [-0.05, 0) is 57.7 Å². The average Bonchev–Trinajstić information content (AvgIpc) is 3.07. The van der Waals surface area contributed by atoms with Crippen molar-refractivity contribution in [2.45, 2.75) is 45.1 Å². The lowest BCUT2D eigenvalue weighted by molar-refractivity contribution is 0.318. The van der Waals surface area contributed by atoms with Gasteiger partial charge in [0.15, 0.2) is 0 Å². The summed E-state index contributed by atoms with van der Waals surface area (Å²) in [6, 6.07) is 2.29. The Morgan fingerprint density at radius 3 is 2.75 bits per heavy atom. The van der Waals surface area contributed by atoms with Crippen LogP contribution in [0.25, 0.3) is 0 Å². The first-order chi connectivity index (χ1) is 7.83. The van der Waals surface area contributed by atoms with E-state index in [1.165, 1.54) is 50.2 Å². The summed E-state index contributed by atoms with van der Waals surface area (Å²) in [6.07, 6.45) is 5.31. The third-order valence-corrected chi connectivity index (χ3v) is 3.89. The highest BCUT2D eigenvalue weighted by molar-refractivity contribution is 5.17. The lowest BCUT2D eigenvalue weighted by Crippen LogP contribution is -2.30. The van der Waals surface area contributed by atoms with Crippen LogP contribution >= 0.6 is 0 Å². The molecule has 1 aliphatic heterocycles. The molecular formula is C13H21N3. The van der Waals surface area contributed by atoms with Crippen LogP contribution in [-0.4, -0.2) is 22.9 Å². The van der Waals surface area contributed by atoms with Crippen molar-refractivity contribution in [3.63, 3.8) is 0 Å². The van der Waals surface area contributed by atoms with Crippen molar-refractivity contribution in [2.24, 2.45) is 5.92 Å². The molecule has 0 spiro atoms. The van der Waals surface area contributed by atoms with Crippen molar-refractivity contribution >= 4 is 0 Å². The standard InChI is InChI=1S/C13H21N3/c1-10-8-13(12-2-3-12)15-16(10)9-11-4-6-14-7-5-11/h8,11-12,14H,2-7,9H2,1H3. The number of nitrogens with zero attached hydrogens (tertiary/aromatic N) is 2. The van der Waals surface area contributed by atoms with Gasteiger partial charge in [0.05, 0.1) is 5.69 Å². The predicted octanol–water partition coefficient (Wildman–Crippen LogP) is 2.07. The number of piperidine rings is 1. The minimum Gasteiger partial charge on any atom is -0.317 e. The van der Waals surface area contributed by atoms with Crippen molar-refractivity contribution in [1.29, 1.82) is 0 Å². The molecule has 1 aliphatic carbocycles. The van der Waals surface area contributed by atoms with E-state index in [9.17, 15) is 0 Å². The molecule has 0 atom stereocenters. The second-order valence-electron chi connectivity index (χ2n) is 5.36. The minimum atomic E-state index is 0.785. The van der Waals surface area contributed by atoms with Gasteiger partial charge in [0, 0.05) is 18.2 Å². The quantitative estimate of drug-likeness (QED) is 0.843. The molecule has 88 valence electrons. The van der Waals surface area contributed by atoms with E-state index in [1.54, 1.807) is 0 Å². The van der Waals surface area contributed by atoms with Crippen molar-refractivity contribution in [2.75, 3.05) is 13.1 Å². The average molecular weight is 219 g/mol. The summed E-state index contributed by atoms with van der Waals surface area (Å²) in [5.41, 5.74) is 2.69. The van der Waals surface area contributed by atoms with E-state index in [4.69, 9.17) is 5.10 Å². The van der Waals surface area contributed by atoms with Gasteiger partial charge < -0.3 is 5.32 Å². The summed E-state index contributed by atoms with van der Waals surface area (Å²) in [6.45, 7) is 5.68. The SMILES string of the molecule is Cc1cc(C2CC2)nn1CC1CCNCC1. The number of rotatable bonds is 3. The molecule has 1 aromatic rings. The van der Waals surface area contributed by atoms with Crippen LogP contribution in [0.4, 0.5) is 0 Å². The summed E-state index contributed by atoms with van der Waals surface area (Å²) in [7, 11) is 0. The van der Waals surface area contributed by atoms with Crippen molar-refractivity contribution in [3.8, 4) is 0 Å². The highest BCUT2D eigenvalue weighted by Gasteiger charge is 2.27. The molecule has 1 aromatic heterocycles. The lowest BCUT2D eigenvalue weighted by atomic mass is 9.98. The van der Waals surface area contributed by atoms with Gasteiger partial charge in [-0.3, -0.25) is 4.68 Å². The first-order valence-corrected chi connectivity index (χ1v) is 6.58. The molecule has 0 amide bonds. The van der Waals surface area contributed by atoms with Crippen LogP contribution in [0, 0.1) is 12.8 Å². The Hall–Kier alpha value is -0.830. The summed E-state index contributed by atoms with van der Waals surface area (Å²) in [4.78, 5) is 0. The van der Waals surface area contributed by atoms with Crippen molar-refractivity contribution in [3.05, 3.63) is 17.5 Å². The molecule has 1 saturated heterocycles. The molecule has 2 fully saturated rings. The van der Waals surface area contributed by atoms with E-state index in [0.29, 0.717) is 0 Å². The molecule has 1 N–H and O–H groups in total. The smallest absolute Gasteiger partial charge is 0.0658 e. The van der Waals surface area contributed by atoms with Gasteiger partial charge in [0.1, 0.15) is 0 Å². The van der Waals surface area contributed by atoms with Crippen molar-refractivity contribution < 1.29 is 0 Å². The van der Waals surface area contributed by atoms with E-state index >= 15 is 0 Å². The van der Waals surface area contributed by atoms with Gasteiger partial charge in [-0.2, -0.15) is 5.10 Å². The summed E-state index contributed by atoms with van der Waals surface area (Å²) < 4.78 is 2.24. The molecule has 3 nitrogen and oxygen atoms in total. The first-order valence-electron chi connectivity index (χ1n) is 6.58. The third kappa shape index (κ3) is 2.14. The lowest BCUT2D eigenvalue weighted by Gasteiger charge is -2.22. The molecule has 2 heterocycles. The first kappa shape index (κ1) is 10.3. The topological polar surface area (TPSA) is 29.9 Å². The molecule has 16 heavy (non-hydrogen) atoms. The second kappa shape index (κ2) is 4.21. The fourth-order valence-electron chi connectivity index (χ4n) is 2.61. The Balaban J connectivity index is 1.68. The Kier molecular flexibility index (Phi) is 2.72. The Bertz CT molecular complexity index is 359. The molecular weight excluding hydrogens is 198 g/mol. The summed E-state index contributed by atoms with van der Waals surface area (Å²) >= 11 is 0. The largest absolute Gasteiger partial charge is 0.317 e. The molecule has 2 aliphatic rings. The zero-order chi connectivity index (χ0) is 11.0. The van der Waals surface area contributed by atoms with Gasteiger partial charge in [-0.1, -0.05) is 0 Å². The van der Waals surface area contributed by atoms with Crippen LogP contribution in [-0.2, 0) is 6.54 Å². The highest BCUT2D eigenvalue weighted by atomic mass is 15.3. The van der Waals surface area contributed by atoms with Crippen LogP contribution in [0.2, 0.25) is 0 Å². The molecule has 3 heteroatoms. The zero-order valence-corrected chi connectivity index (χ0v) is 10.1. The van der Waals surface area contributed by atoms with E-state index in [-0.39, 0.29) is 0 Å². The molecule has 0 unspecified atom stereocenters. The maximum absolute atomic E-state index is 4.76. The van der Waals surface area contributed by atoms with Crippen LogP contribution in [0.1, 0.15) is 43.0 Å². The second-order valence-corrected chi connectivity index (χ2v) is 5.36. The van der Waals surface area contributed by atoms with Crippen LogP contribution < -0.4 is 5.32 Å². The Labute approximate surface area is 97.2 Å². The molecule has 3 rings (SSSR count). The maximum Gasteiger partial charge on any atom is 0.0658 e. The number of hydrogen-bond acceptors (Lipinski definition) is 2. The van der Waals surface area contributed by atoms with E-state index in [1.807, 2.05) is 0 Å². The van der Waals surface area contributed by atoms with Gasteiger partial charge >= 0.3 is 0 Å². The number of aromatic nitrogens is 2. The van der Waals surface area contributed by atoms with Crippen LogP contribution in [0.5, 0.6) is 0 Å². The van der Waals surface area contributed by atoms with E-state index in [2.05, 4.69) is 23.0 Å². The van der Waals surface area contributed by atoms with Crippen LogP contribution in [0.15, 0.2) is 6.07 Å². The zero-order valence-electron chi connectivity index (χ0n) is 10.1. The number of hydrogen-bond donors (Lipinski definition) is 1. The van der Waals surface area contributed by atoms with Crippen molar-refractivity contribution in [1.82, 2.24) is 15.1 Å². The van der Waals surface area contributed by atoms with Crippen LogP contribution in [0.3, 0.4) is 0 Å². The van der Waals surface area contributed by atoms with E-state index < -0.39 is 0 Å². The van der Waals surface area contributed by atoms with Gasteiger partial charge in [0.2, 0.25) is 0 Å².